The monoisotopic (exact) mass is 202 g/mol. The molecule has 0 aliphatic carbocycles. The molecule has 0 unspecified atom stereocenters. The average molecular weight is 202 g/mol. The highest BCUT2D eigenvalue weighted by molar-refractivity contribution is 5.41. The van der Waals surface area contributed by atoms with E-state index in [-0.39, 0.29) is 17.9 Å². The summed E-state index contributed by atoms with van der Waals surface area (Å²) in [6.07, 6.45) is 0.203. The molecule has 0 bridgehead atoms. The molecule has 0 aliphatic heterocycles. The van der Waals surface area contributed by atoms with Crippen LogP contribution in [0.5, 0.6) is 0 Å². The zero-order valence-corrected chi connectivity index (χ0v) is 8.71. The van der Waals surface area contributed by atoms with Crippen LogP contribution in [0.15, 0.2) is 12.1 Å². The quantitative estimate of drug-likeness (QED) is 0.740. The van der Waals surface area contributed by atoms with Crippen LogP contribution in [0.4, 0.5) is 4.39 Å². The third kappa shape index (κ3) is 2.33. The molecule has 0 fully saturated rings. The largest absolute Gasteiger partial charge is 0.205 e. The maximum Gasteiger partial charge on any atom is 0.144 e. The van der Waals surface area contributed by atoms with Gasteiger partial charge in [-0.3, -0.25) is 0 Å². The zero-order valence-electron chi connectivity index (χ0n) is 8.71. The molecule has 1 aromatic carbocycles. The standard InChI is InChI=1S/C12H11FN2/c1-8(2)11-6-9(3-4-14)5-10(7-15)12(11)13/h5-6,8H,3H2,1-2H3. The van der Waals surface area contributed by atoms with Gasteiger partial charge in [0.25, 0.3) is 0 Å². The summed E-state index contributed by atoms with van der Waals surface area (Å²) in [7, 11) is 0. The van der Waals surface area contributed by atoms with Crippen LogP contribution in [0.2, 0.25) is 0 Å². The van der Waals surface area contributed by atoms with Crippen molar-refractivity contribution in [2.24, 2.45) is 0 Å². The van der Waals surface area contributed by atoms with Crippen LogP contribution in [0, 0.1) is 28.5 Å². The molecule has 15 heavy (non-hydrogen) atoms. The summed E-state index contributed by atoms with van der Waals surface area (Å²) in [6, 6.07) is 6.89. The van der Waals surface area contributed by atoms with Gasteiger partial charge >= 0.3 is 0 Å². The molecule has 0 heterocycles. The van der Waals surface area contributed by atoms with Crippen molar-refractivity contribution in [1.29, 1.82) is 10.5 Å². The van der Waals surface area contributed by atoms with E-state index in [4.69, 9.17) is 10.5 Å². The van der Waals surface area contributed by atoms with Gasteiger partial charge in [-0.05, 0) is 23.1 Å². The van der Waals surface area contributed by atoms with Gasteiger partial charge in [0.05, 0.1) is 18.1 Å². The Morgan fingerprint density at radius 3 is 2.47 bits per heavy atom. The summed E-state index contributed by atoms with van der Waals surface area (Å²) < 4.78 is 13.6. The number of nitrogens with zero attached hydrogens (tertiary/aromatic N) is 2. The van der Waals surface area contributed by atoms with Crippen molar-refractivity contribution in [3.8, 4) is 12.1 Å². The minimum absolute atomic E-state index is 0.00995. The molecular weight excluding hydrogens is 191 g/mol. The Kier molecular flexibility index (Phi) is 3.42. The van der Waals surface area contributed by atoms with Gasteiger partial charge < -0.3 is 0 Å². The van der Waals surface area contributed by atoms with Gasteiger partial charge in [-0.25, -0.2) is 4.39 Å². The Labute approximate surface area is 88.6 Å². The van der Waals surface area contributed by atoms with Gasteiger partial charge in [0.2, 0.25) is 0 Å². The number of hydrogen-bond acceptors (Lipinski definition) is 2. The highest BCUT2D eigenvalue weighted by atomic mass is 19.1. The number of rotatable bonds is 2. The summed E-state index contributed by atoms with van der Waals surface area (Å²) >= 11 is 0. The third-order valence-corrected chi connectivity index (χ3v) is 2.19. The van der Waals surface area contributed by atoms with Crippen molar-refractivity contribution in [3.63, 3.8) is 0 Å². The first kappa shape index (κ1) is 11.2. The molecule has 1 rings (SSSR count). The summed E-state index contributed by atoms with van der Waals surface area (Å²) in [4.78, 5) is 0. The SMILES string of the molecule is CC(C)c1cc(CC#N)cc(C#N)c1F. The van der Waals surface area contributed by atoms with Gasteiger partial charge in [0.1, 0.15) is 11.9 Å². The number of nitriles is 2. The molecule has 0 atom stereocenters. The molecule has 0 N–H and O–H groups in total. The molecule has 0 amide bonds. The lowest BCUT2D eigenvalue weighted by atomic mass is 9.96. The van der Waals surface area contributed by atoms with Crippen LogP contribution in [-0.2, 0) is 6.42 Å². The van der Waals surface area contributed by atoms with E-state index in [1.54, 1.807) is 12.1 Å². The Morgan fingerprint density at radius 2 is 2.00 bits per heavy atom. The Balaban J connectivity index is 3.35. The minimum atomic E-state index is -0.464. The second-order valence-corrected chi connectivity index (χ2v) is 3.65. The zero-order chi connectivity index (χ0) is 11.4. The van der Waals surface area contributed by atoms with Crippen LogP contribution in [0.3, 0.4) is 0 Å². The molecule has 0 aromatic heterocycles. The summed E-state index contributed by atoms with van der Waals surface area (Å²) in [5, 5.41) is 17.3. The van der Waals surface area contributed by atoms with Crippen molar-refractivity contribution >= 4 is 0 Å². The van der Waals surface area contributed by atoms with Crippen LogP contribution in [0.1, 0.15) is 36.5 Å². The molecule has 0 saturated carbocycles. The second kappa shape index (κ2) is 4.57. The van der Waals surface area contributed by atoms with Gasteiger partial charge in [0, 0.05) is 0 Å². The summed E-state index contributed by atoms with van der Waals surface area (Å²) in [5.74, 6) is -0.454. The first-order valence-electron chi connectivity index (χ1n) is 4.69. The van der Waals surface area contributed by atoms with Crippen LogP contribution in [0.25, 0.3) is 0 Å². The van der Waals surface area contributed by atoms with E-state index < -0.39 is 5.82 Å². The fraction of sp³-hybridized carbons (Fsp3) is 0.333. The fourth-order valence-corrected chi connectivity index (χ4v) is 1.40. The van der Waals surface area contributed by atoms with Crippen molar-refractivity contribution in [3.05, 3.63) is 34.6 Å². The predicted octanol–water partition coefficient (Wildman–Crippen LogP) is 2.89. The fourth-order valence-electron chi connectivity index (χ4n) is 1.40. The van der Waals surface area contributed by atoms with Gasteiger partial charge in [0.15, 0.2) is 0 Å². The smallest absolute Gasteiger partial charge is 0.144 e. The summed E-state index contributed by atoms with van der Waals surface area (Å²) in [5.41, 5.74) is 1.21. The third-order valence-electron chi connectivity index (χ3n) is 2.19. The topological polar surface area (TPSA) is 47.6 Å². The molecule has 0 spiro atoms. The Bertz CT molecular complexity index is 450. The molecule has 2 nitrogen and oxygen atoms in total. The van der Waals surface area contributed by atoms with E-state index >= 15 is 0 Å². The van der Waals surface area contributed by atoms with Gasteiger partial charge in [-0.1, -0.05) is 19.9 Å². The minimum Gasteiger partial charge on any atom is -0.205 e. The van der Waals surface area contributed by atoms with E-state index in [2.05, 4.69) is 0 Å². The Morgan fingerprint density at radius 1 is 1.33 bits per heavy atom. The highest BCUT2D eigenvalue weighted by Crippen LogP contribution is 2.23. The van der Waals surface area contributed by atoms with Gasteiger partial charge in [-0.15, -0.1) is 0 Å². The molecule has 0 radical (unpaired) electrons. The first-order valence-corrected chi connectivity index (χ1v) is 4.69. The maximum absolute atomic E-state index is 13.6. The van der Waals surface area contributed by atoms with Crippen LogP contribution < -0.4 is 0 Å². The van der Waals surface area contributed by atoms with E-state index in [0.29, 0.717) is 11.1 Å². The van der Waals surface area contributed by atoms with E-state index in [1.807, 2.05) is 19.9 Å². The van der Waals surface area contributed by atoms with Crippen LogP contribution in [-0.4, -0.2) is 0 Å². The van der Waals surface area contributed by atoms with E-state index in [0.717, 1.165) is 0 Å². The van der Waals surface area contributed by atoms with Crippen molar-refractivity contribution < 1.29 is 4.39 Å². The predicted molar refractivity (Wildman–Crippen MR) is 54.5 cm³/mol. The molecular formula is C12H11FN2. The second-order valence-electron chi connectivity index (χ2n) is 3.65. The lowest BCUT2D eigenvalue weighted by molar-refractivity contribution is 0.594. The maximum atomic E-state index is 13.6. The average Bonchev–Trinajstić information content (AvgIpc) is 2.20. The van der Waals surface area contributed by atoms with E-state index in [9.17, 15) is 4.39 Å². The number of hydrogen-bond donors (Lipinski definition) is 0. The van der Waals surface area contributed by atoms with Crippen molar-refractivity contribution in [2.45, 2.75) is 26.2 Å². The lowest BCUT2D eigenvalue weighted by Gasteiger charge is -2.09. The van der Waals surface area contributed by atoms with E-state index in [1.165, 1.54) is 6.07 Å². The molecule has 76 valence electrons. The van der Waals surface area contributed by atoms with Crippen molar-refractivity contribution in [1.82, 2.24) is 0 Å². The summed E-state index contributed by atoms with van der Waals surface area (Å²) in [6.45, 7) is 3.71. The van der Waals surface area contributed by atoms with Gasteiger partial charge in [-0.2, -0.15) is 10.5 Å². The number of benzene rings is 1. The molecule has 1 aromatic rings. The molecule has 3 heteroatoms. The van der Waals surface area contributed by atoms with Crippen LogP contribution >= 0.6 is 0 Å². The lowest BCUT2D eigenvalue weighted by Crippen LogP contribution is -1.99. The number of halogens is 1. The normalized spacial score (nSPS) is 9.73. The van der Waals surface area contributed by atoms with Crippen molar-refractivity contribution in [2.75, 3.05) is 0 Å². The highest BCUT2D eigenvalue weighted by Gasteiger charge is 2.12. The first-order chi connectivity index (χ1) is 7.10. The molecule has 0 saturated heterocycles. The molecule has 0 aliphatic rings. The Hall–Kier alpha value is -1.87.